The summed E-state index contributed by atoms with van der Waals surface area (Å²) in [6, 6.07) is 15.4. The molecule has 0 radical (unpaired) electrons. The number of rotatable bonds is 7. The lowest BCUT2D eigenvalue weighted by molar-refractivity contribution is -0.123. The highest BCUT2D eigenvalue weighted by atomic mass is 79.9. The van der Waals surface area contributed by atoms with Crippen LogP contribution in [0.25, 0.3) is 11.0 Å². The van der Waals surface area contributed by atoms with E-state index < -0.39 is 0 Å². The molecule has 2 aromatic carbocycles. The van der Waals surface area contributed by atoms with Crippen LogP contribution in [0.4, 0.5) is 0 Å². The predicted octanol–water partition coefficient (Wildman–Crippen LogP) is 3.38. The third kappa shape index (κ3) is 4.35. The average molecular weight is 388 g/mol. The second-order valence-corrected chi connectivity index (χ2v) is 6.29. The van der Waals surface area contributed by atoms with Gasteiger partial charge in [-0.15, -0.1) is 0 Å². The summed E-state index contributed by atoms with van der Waals surface area (Å²) < 4.78 is 8.51. The Hall–Kier alpha value is -2.34. The first-order valence-electron chi connectivity index (χ1n) is 7.77. The van der Waals surface area contributed by atoms with E-state index in [1.807, 2.05) is 54.9 Å². The van der Waals surface area contributed by atoms with Gasteiger partial charge in [0.1, 0.15) is 5.75 Å². The molecule has 0 fully saturated rings. The smallest absolute Gasteiger partial charge is 0.257 e. The summed E-state index contributed by atoms with van der Waals surface area (Å²) in [5.74, 6) is 0.562. The highest BCUT2D eigenvalue weighted by Crippen LogP contribution is 2.16. The zero-order chi connectivity index (χ0) is 16.8. The number of imidazole rings is 1. The average Bonchev–Trinajstić information content (AvgIpc) is 3.01. The molecule has 0 aliphatic rings. The largest absolute Gasteiger partial charge is 0.484 e. The fraction of sp³-hybridized carbons (Fsp3) is 0.222. The number of carbonyl (C=O) groups excluding carboxylic acids is 1. The van der Waals surface area contributed by atoms with Crippen LogP contribution in [0, 0.1) is 0 Å². The quantitative estimate of drug-likeness (QED) is 0.632. The van der Waals surface area contributed by atoms with Crippen molar-refractivity contribution >= 4 is 32.9 Å². The van der Waals surface area contributed by atoms with Crippen molar-refractivity contribution in [1.29, 1.82) is 0 Å². The number of carbonyl (C=O) groups is 1. The number of hydrogen-bond acceptors (Lipinski definition) is 3. The third-order valence-corrected chi connectivity index (χ3v) is 4.14. The van der Waals surface area contributed by atoms with Crippen molar-refractivity contribution in [1.82, 2.24) is 14.9 Å². The number of nitrogens with one attached hydrogen (secondary N) is 1. The van der Waals surface area contributed by atoms with Crippen LogP contribution in [-0.2, 0) is 11.3 Å². The normalized spacial score (nSPS) is 10.7. The van der Waals surface area contributed by atoms with E-state index in [4.69, 9.17) is 4.74 Å². The van der Waals surface area contributed by atoms with Crippen molar-refractivity contribution < 1.29 is 9.53 Å². The van der Waals surface area contributed by atoms with Gasteiger partial charge in [-0.3, -0.25) is 4.79 Å². The molecule has 0 aliphatic carbocycles. The number of aromatic nitrogens is 2. The maximum atomic E-state index is 11.8. The molecule has 3 rings (SSSR count). The van der Waals surface area contributed by atoms with Gasteiger partial charge in [0.2, 0.25) is 0 Å². The van der Waals surface area contributed by atoms with Crippen molar-refractivity contribution in [3.8, 4) is 5.75 Å². The number of amides is 1. The van der Waals surface area contributed by atoms with E-state index in [0.29, 0.717) is 12.3 Å². The summed E-state index contributed by atoms with van der Waals surface area (Å²) in [5, 5.41) is 2.87. The molecule has 1 aromatic heterocycles. The Bertz CT molecular complexity index is 815. The lowest BCUT2D eigenvalue weighted by atomic mass is 10.3. The first-order chi connectivity index (χ1) is 11.7. The minimum absolute atomic E-state index is 0.0235. The number of benzene rings is 2. The van der Waals surface area contributed by atoms with E-state index in [1.165, 1.54) is 0 Å². The van der Waals surface area contributed by atoms with Gasteiger partial charge in [-0.1, -0.05) is 28.1 Å². The first-order valence-corrected chi connectivity index (χ1v) is 8.56. The highest BCUT2D eigenvalue weighted by molar-refractivity contribution is 9.10. The third-order valence-electron chi connectivity index (χ3n) is 3.61. The van der Waals surface area contributed by atoms with Crippen LogP contribution in [0.5, 0.6) is 5.75 Å². The Balaban J connectivity index is 1.38. The fourth-order valence-corrected chi connectivity index (χ4v) is 2.66. The maximum Gasteiger partial charge on any atom is 0.257 e. The summed E-state index contributed by atoms with van der Waals surface area (Å²) in [5.41, 5.74) is 2.10. The number of para-hydroxylation sites is 2. The topological polar surface area (TPSA) is 56.1 Å². The molecule has 1 N–H and O–H groups in total. The van der Waals surface area contributed by atoms with Crippen molar-refractivity contribution in [2.45, 2.75) is 13.0 Å². The second-order valence-electron chi connectivity index (χ2n) is 5.37. The first kappa shape index (κ1) is 16.5. The van der Waals surface area contributed by atoms with Gasteiger partial charge in [-0.25, -0.2) is 4.98 Å². The van der Waals surface area contributed by atoms with E-state index >= 15 is 0 Å². The van der Waals surface area contributed by atoms with Crippen molar-refractivity contribution in [3.63, 3.8) is 0 Å². The Kier molecular flexibility index (Phi) is 5.48. The molecule has 1 heterocycles. The van der Waals surface area contributed by atoms with Gasteiger partial charge in [0.15, 0.2) is 6.61 Å². The van der Waals surface area contributed by atoms with Crippen molar-refractivity contribution in [3.05, 3.63) is 59.3 Å². The van der Waals surface area contributed by atoms with Gasteiger partial charge >= 0.3 is 0 Å². The van der Waals surface area contributed by atoms with Gasteiger partial charge < -0.3 is 14.6 Å². The van der Waals surface area contributed by atoms with Gasteiger partial charge in [-0.05, 0) is 42.8 Å². The Morgan fingerprint density at radius 3 is 2.79 bits per heavy atom. The molecular formula is C18H18BrN3O2. The summed E-state index contributed by atoms with van der Waals surface area (Å²) in [6.45, 7) is 1.44. The molecule has 0 spiro atoms. The Morgan fingerprint density at radius 2 is 1.96 bits per heavy atom. The number of halogens is 1. The summed E-state index contributed by atoms with van der Waals surface area (Å²) in [4.78, 5) is 16.1. The predicted molar refractivity (Wildman–Crippen MR) is 97.0 cm³/mol. The van der Waals surface area contributed by atoms with Crippen molar-refractivity contribution in [2.24, 2.45) is 0 Å². The molecule has 0 unspecified atom stereocenters. The number of hydrogen-bond donors (Lipinski definition) is 1. The molecule has 3 aromatic rings. The standard InChI is InChI=1S/C18H18BrN3O2/c19-14-6-8-15(9-7-14)24-12-18(23)20-10-3-11-22-13-21-16-4-1-2-5-17(16)22/h1-2,4-9,13H,3,10-12H2,(H,20,23). The molecule has 0 bridgehead atoms. The molecule has 0 saturated carbocycles. The van der Waals surface area contributed by atoms with Crippen LogP contribution >= 0.6 is 15.9 Å². The molecule has 24 heavy (non-hydrogen) atoms. The van der Waals surface area contributed by atoms with Gasteiger partial charge in [0, 0.05) is 17.6 Å². The second kappa shape index (κ2) is 7.97. The van der Waals surface area contributed by atoms with Crippen LogP contribution in [0.2, 0.25) is 0 Å². The summed E-state index contributed by atoms with van der Waals surface area (Å²) in [7, 11) is 0. The number of ether oxygens (including phenoxy) is 1. The fourth-order valence-electron chi connectivity index (χ4n) is 2.40. The van der Waals surface area contributed by atoms with Crippen LogP contribution in [0.3, 0.4) is 0 Å². The zero-order valence-electron chi connectivity index (χ0n) is 13.1. The van der Waals surface area contributed by atoms with Gasteiger partial charge in [-0.2, -0.15) is 0 Å². The Morgan fingerprint density at radius 1 is 1.17 bits per heavy atom. The van der Waals surface area contributed by atoms with E-state index in [9.17, 15) is 4.79 Å². The summed E-state index contributed by atoms with van der Waals surface area (Å²) >= 11 is 3.36. The lowest BCUT2D eigenvalue weighted by Crippen LogP contribution is -2.30. The molecule has 6 heteroatoms. The van der Waals surface area contributed by atoms with Crippen LogP contribution in [0.15, 0.2) is 59.3 Å². The van der Waals surface area contributed by atoms with Crippen LogP contribution in [0.1, 0.15) is 6.42 Å². The van der Waals surface area contributed by atoms with E-state index in [1.54, 1.807) is 0 Å². The zero-order valence-corrected chi connectivity index (χ0v) is 14.7. The lowest BCUT2D eigenvalue weighted by Gasteiger charge is -2.08. The molecule has 5 nitrogen and oxygen atoms in total. The van der Waals surface area contributed by atoms with Gasteiger partial charge in [0.05, 0.1) is 17.4 Å². The molecule has 0 aliphatic heterocycles. The van der Waals surface area contributed by atoms with Gasteiger partial charge in [0.25, 0.3) is 5.91 Å². The monoisotopic (exact) mass is 387 g/mol. The molecule has 1 amide bonds. The summed E-state index contributed by atoms with van der Waals surface area (Å²) in [6.07, 6.45) is 2.67. The highest BCUT2D eigenvalue weighted by Gasteiger charge is 2.04. The molecule has 0 atom stereocenters. The van der Waals surface area contributed by atoms with E-state index in [-0.39, 0.29) is 12.5 Å². The van der Waals surface area contributed by atoms with E-state index in [0.717, 1.165) is 28.5 Å². The molecule has 0 saturated heterocycles. The van der Waals surface area contributed by atoms with Crippen LogP contribution < -0.4 is 10.1 Å². The minimum atomic E-state index is -0.117. The van der Waals surface area contributed by atoms with E-state index in [2.05, 4.69) is 30.8 Å². The number of aryl methyl sites for hydroxylation is 1. The maximum absolute atomic E-state index is 11.8. The van der Waals surface area contributed by atoms with Crippen molar-refractivity contribution in [2.75, 3.05) is 13.2 Å². The minimum Gasteiger partial charge on any atom is -0.484 e. The van der Waals surface area contributed by atoms with Crippen LogP contribution in [-0.4, -0.2) is 28.6 Å². The number of nitrogens with zero attached hydrogens (tertiary/aromatic N) is 2. The number of fused-ring (bicyclic) bond motifs is 1. The SMILES string of the molecule is O=C(COc1ccc(Br)cc1)NCCCn1cnc2ccccc21. The molecular weight excluding hydrogens is 370 g/mol. The Labute approximate surface area is 148 Å². The molecule has 124 valence electrons.